The Kier molecular flexibility index (Phi) is 5.43. The molecular formula is C21H20N4O2S. The van der Waals surface area contributed by atoms with Gasteiger partial charge in [-0.1, -0.05) is 47.7 Å². The van der Waals surface area contributed by atoms with E-state index in [4.69, 9.17) is 0 Å². The fourth-order valence-corrected chi connectivity index (χ4v) is 3.53. The van der Waals surface area contributed by atoms with Crippen LogP contribution in [0.15, 0.2) is 54.6 Å². The van der Waals surface area contributed by atoms with Crippen LogP contribution in [0.2, 0.25) is 0 Å². The molecule has 2 N–H and O–H groups in total. The maximum Gasteiger partial charge on any atom is 0.257 e. The van der Waals surface area contributed by atoms with Crippen LogP contribution in [0.1, 0.15) is 33.8 Å². The number of nitrogens with zero attached hydrogens (tertiary/aromatic N) is 2. The number of aryl methyl sites for hydroxylation is 2. The maximum absolute atomic E-state index is 12.5. The minimum absolute atomic E-state index is 0.0183. The molecule has 1 fully saturated rings. The second kappa shape index (κ2) is 8.31. The van der Waals surface area contributed by atoms with E-state index in [2.05, 4.69) is 33.0 Å². The Morgan fingerprint density at radius 2 is 1.79 bits per heavy atom. The van der Waals surface area contributed by atoms with Crippen molar-refractivity contribution in [2.45, 2.75) is 25.7 Å². The van der Waals surface area contributed by atoms with Crippen LogP contribution in [0, 0.1) is 5.92 Å². The van der Waals surface area contributed by atoms with Crippen molar-refractivity contribution in [2.24, 2.45) is 5.92 Å². The number of aromatic nitrogens is 2. The number of benzene rings is 2. The molecule has 0 radical (unpaired) electrons. The van der Waals surface area contributed by atoms with Crippen LogP contribution in [-0.4, -0.2) is 22.0 Å². The molecule has 142 valence electrons. The molecule has 0 spiro atoms. The smallest absolute Gasteiger partial charge is 0.257 e. The lowest BCUT2D eigenvalue weighted by Gasteiger charge is -2.06. The van der Waals surface area contributed by atoms with E-state index < -0.39 is 0 Å². The predicted molar refractivity (Wildman–Crippen MR) is 110 cm³/mol. The number of anilines is 2. The van der Waals surface area contributed by atoms with Gasteiger partial charge in [0.1, 0.15) is 5.01 Å². The van der Waals surface area contributed by atoms with Gasteiger partial charge in [-0.2, -0.15) is 0 Å². The number of hydrogen-bond donors (Lipinski definition) is 2. The average Bonchev–Trinajstić information content (AvgIpc) is 3.48. The number of amides is 2. The van der Waals surface area contributed by atoms with Crippen LogP contribution in [0.4, 0.5) is 10.8 Å². The summed E-state index contributed by atoms with van der Waals surface area (Å²) in [6.07, 6.45) is 3.54. The van der Waals surface area contributed by atoms with Gasteiger partial charge in [0, 0.05) is 23.6 Å². The lowest BCUT2D eigenvalue weighted by molar-refractivity contribution is -0.117. The Morgan fingerprint density at radius 3 is 2.57 bits per heavy atom. The van der Waals surface area contributed by atoms with Crippen molar-refractivity contribution in [1.29, 1.82) is 0 Å². The molecule has 7 heteroatoms. The van der Waals surface area contributed by atoms with Crippen LogP contribution in [0.5, 0.6) is 0 Å². The van der Waals surface area contributed by atoms with Gasteiger partial charge in [-0.15, -0.1) is 10.2 Å². The van der Waals surface area contributed by atoms with E-state index >= 15 is 0 Å². The largest absolute Gasteiger partial charge is 0.326 e. The fourth-order valence-electron chi connectivity index (χ4n) is 2.80. The van der Waals surface area contributed by atoms with E-state index in [9.17, 15) is 9.59 Å². The first kappa shape index (κ1) is 18.3. The Morgan fingerprint density at radius 1 is 0.964 bits per heavy atom. The summed E-state index contributed by atoms with van der Waals surface area (Å²) in [7, 11) is 0. The molecule has 1 heterocycles. The summed E-state index contributed by atoms with van der Waals surface area (Å²) >= 11 is 1.38. The summed E-state index contributed by atoms with van der Waals surface area (Å²) in [6, 6.07) is 17.1. The minimum atomic E-state index is -0.270. The molecule has 0 bridgehead atoms. The van der Waals surface area contributed by atoms with Gasteiger partial charge in [-0.05, 0) is 43.0 Å². The summed E-state index contributed by atoms with van der Waals surface area (Å²) in [6.45, 7) is 0. The molecule has 28 heavy (non-hydrogen) atoms. The summed E-state index contributed by atoms with van der Waals surface area (Å²) in [4.78, 5) is 24.4. The van der Waals surface area contributed by atoms with Crippen LogP contribution >= 0.6 is 11.3 Å². The van der Waals surface area contributed by atoms with Crippen LogP contribution in [0.25, 0.3) is 0 Å². The molecule has 1 aliphatic carbocycles. The molecule has 0 unspecified atom stereocenters. The predicted octanol–water partition coefficient (Wildman–Crippen LogP) is 3.92. The Hall–Kier alpha value is -3.06. The van der Waals surface area contributed by atoms with E-state index in [-0.39, 0.29) is 17.7 Å². The number of rotatable bonds is 7. The minimum Gasteiger partial charge on any atom is -0.326 e. The molecule has 0 saturated heterocycles. The first-order valence-electron chi connectivity index (χ1n) is 9.26. The summed E-state index contributed by atoms with van der Waals surface area (Å²) in [5.41, 5.74) is 2.34. The van der Waals surface area contributed by atoms with Crippen LogP contribution < -0.4 is 10.6 Å². The van der Waals surface area contributed by atoms with Gasteiger partial charge in [-0.25, -0.2) is 0 Å². The highest BCUT2D eigenvalue weighted by molar-refractivity contribution is 7.15. The van der Waals surface area contributed by atoms with Crippen molar-refractivity contribution in [3.05, 3.63) is 70.7 Å². The normalized spacial score (nSPS) is 13.1. The third kappa shape index (κ3) is 4.80. The highest BCUT2D eigenvalue weighted by Crippen LogP contribution is 2.30. The highest BCUT2D eigenvalue weighted by Gasteiger charge is 2.29. The number of nitrogens with one attached hydrogen (secondary N) is 2. The Bertz CT molecular complexity index is 983. The highest BCUT2D eigenvalue weighted by atomic mass is 32.1. The van der Waals surface area contributed by atoms with Crippen LogP contribution in [-0.2, 0) is 17.6 Å². The first-order valence-corrected chi connectivity index (χ1v) is 10.1. The van der Waals surface area contributed by atoms with E-state index in [0.29, 0.717) is 16.4 Å². The van der Waals surface area contributed by atoms with E-state index in [1.54, 1.807) is 24.3 Å². The number of carbonyl (C=O) groups is 2. The molecule has 1 aliphatic rings. The third-order valence-corrected chi connectivity index (χ3v) is 5.40. The Balaban J connectivity index is 1.34. The average molecular weight is 392 g/mol. The van der Waals surface area contributed by atoms with Crippen molar-refractivity contribution in [3.8, 4) is 0 Å². The fraction of sp³-hybridized carbons (Fsp3) is 0.238. The number of hydrogen-bond acceptors (Lipinski definition) is 5. The molecule has 3 aromatic rings. The summed E-state index contributed by atoms with van der Waals surface area (Å²) in [5.74, 6) is -0.133. The van der Waals surface area contributed by atoms with E-state index in [1.807, 2.05) is 18.2 Å². The van der Waals surface area contributed by atoms with Gasteiger partial charge in [0.15, 0.2) is 0 Å². The van der Waals surface area contributed by atoms with Crippen molar-refractivity contribution in [3.63, 3.8) is 0 Å². The third-order valence-electron chi connectivity index (χ3n) is 4.50. The van der Waals surface area contributed by atoms with Crippen molar-refractivity contribution in [2.75, 3.05) is 10.6 Å². The molecule has 1 aromatic heterocycles. The molecular weight excluding hydrogens is 372 g/mol. The quantitative estimate of drug-likeness (QED) is 0.638. The number of carbonyl (C=O) groups excluding carboxylic acids is 2. The van der Waals surface area contributed by atoms with Crippen LogP contribution in [0.3, 0.4) is 0 Å². The summed E-state index contributed by atoms with van der Waals surface area (Å²) in [5, 5.41) is 15.2. The topological polar surface area (TPSA) is 84.0 Å². The SMILES string of the molecule is O=C(Nc1nnc(CCc2ccccc2)s1)c1cccc(NC(=O)C2CC2)c1. The zero-order chi connectivity index (χ0) is 19.3. The van der Waals surface area contributed by atoms with Gasteiger partial charge in [-0.3, -0.25) is 14.9 Å². The molecule has 0 atom stereocenters. The first-order chi connectivity index (χ1) is 13.7. The second-order valence-electron chi connectivity index (χ2n) is 6.79. The van der Waals surface area contributed by atoms with Crippen molar-refractivity contribution in [1.82, 2.24) is 10.2 Å². The lowest BCUT2D eigenvalue weighted by Crippen LogP contribution is -2.15. The molecule has 4 rings (SSSR count). The molecule has 2 amide bonds. The Labute approximate surface area is 167 Å². The lowest BCUT2D eigenvalue weighted by atomic mass is 10.1. The van der Waals surface area contributed by atoms with Gasteiger partial charge < -0.3 is 5.32 Å². The molecule has 0 aliphatic heterocycles. The molecule has 1 saturated carbocycles. The van der Waals surface area contributed by atoms with Gasteiger partial charge in [0.2, 0.25) is 11.0 Å². The molecule has 2 aromatic carbocycles. The monoisotopic (exact) mass is 392 g/mol. The van der Waals surface area contributed by atoms with Gasteiger partial charge in [0.25, 0.3) is 5.91 Å². The van der Waals surface area contributed by atoms with E-state index in [0.717, 1.165) is 30.7 Å². The van der Waals surface area contributed by atoms with Crippen molar-refractivity contribution < 1.29 is 9.59 Å². The zero-order valence-corrected chi connectivity index (χ0v) is 16.0. The van der Waals surface area contributed by atoms with Gasteiger partial charge >= 0.3 is 0 Å². The van der Waals surface area contributed by atoms with Gasteiger partial charge in [0.05, 0.1) is 0 Å². The van der Waals surface area contributed by atoms with E-state index in [1.165, 1.54) is 16.9 Å². The van der Waals surface area contributed by atoms with Crippen molar-refractivity contribution >= 4 is 34.0 Å². The molecule has 6 nitrogen and oxygen atoms in total. The summed E-state index contributed by atoms with van der Waals surface area (Å²) < 4.78 is 0. The standard InChI is InChI=1S/C21H20N4O2S/c26-19(15-10-11-15)22-17-8-4-7-16(13-17)20(27)23-21-25-24-18(28-21)12-9-14-5-2-1-3-6-14/h1-8,13,15H,9-12H2,(H,22,26)(H,23,25,27). The zero-order valence-electron chi connectivity index (χ0n) is 15.2. The second-order valence-corrected chi connectivity index (χ2v) is 7.85. The maximum atomic E-state index is 12.5.